The number of para-hydroxylation sites is 3. The summed E-state index contributed by atoms with van der Waals surface area (Å²) >= 11 is 0. The third-order valence-electron chi connectivity index (χ3n) is 13.6. The van der Waals surface area contributed by atoms with Gasteiger partial charge in [0.1, 0.15) is 29.8 Å². The summed E-state index contributed by atoms with van der Waals surface area (Å²) in [5.41, 5.74) is 9.65. The lowest BCUT2D eigenvalue weighted by molar-refractivity contribution is 0.482. The lowest BCUT2D eigenvalue weighted by atomic mass is 9.85. The molecule has 0 saturated heterocycles. The van der Waals surface area contributed by atoms with Gasteiger partial charge in [-0.05, 0) is 91.5 Å². The van der Waals surface area contributed by atoms with Gasteiger partial charge in [-0.1, -0.05) is 163 Å². The van der Waals surface area contributed by atoms with Crippen LogP contribution in [0.5, 0.6) is 11.5 Å². The molecule has 1 aliphatic rings. The highest BCUT2D eigenvalue weighted by Gasteiger charge is 2.27. The summed E-state index contributed by atoms with van der Waals surface area (Å²) in [6.45, 7) is 13.8. The normalized spacial score (nSPS) is 13.0. The van der Waals surface area contributed by atoms with Crippen molar-refractivity contribution < 1.29 is 6.11 Å². The van der Waals surface area contributed by atoms with Crippen LogP contribution in [0.3, 0.4) is 0 Å². The predicted molar refractivity (Wildman–Crippen MR) is 280 cm³/mol. The van der Waals surface area contributed by atoms with Crippen LogP contribution in [-0.2, 0) is 17.5 Å². The van der Waals surface area contributed by atoms with Crippen LogP contribution < -0.4 is 9.64 Å². The van der Waals surface area contributed by atoms with Crippen LogP contribution in [0.25, 0.3) is 82.1 Å². The second-order valence-electron chi connectivity index (χ2n) is 19.9. The largest absolute Gasteiger partial charge is 0.457 e. The molecule has 6 heteroatoms. The SMILES string of the molecule is [2H]c1cc(-c2cccc3c4ccccc4c4ccccc4c4cccc5c4n(c23)CN5c2cc(Oc3ccc4c5ccccc5n(-c5cc(C(C)(C)C)ccn5)c4c3)ccn2)cc(C(C)(C)C)c1. The van der Waals surface area contributed by atoms with Crippen molar-refractivity contribution in [2.75, 3.05) is 4.90 Å². The second-order valence-corrected chi connectivity index (χ2v) is 19.9. The number of benzene rings is 7. The first-order valence-corrected chi connectivity index (χ1v) is 23.2. The van der Waals surface area contributed by atoms with E-state index < -0.39 is 0 Å². The first-order valence-electron chi connectivity index (χ1n) is 23.7. The van der Waals surface area contributed by atoms with E-state index in [4.69, 9.17) is 16.1 Å². The molecule has 7 aromatic carbocycles. The maximum Gasteiger partial charge on any atom is 0.138 e. The Hall–Kier alpha value is -7.96. The van der Waals surface area contributed by atoms with Gasteiger partial charge in [-0.25, -0.2) is 9.97 Å². The molecule has 12 rings (SSSR count). The summed E-state index contributed by atoms with van der Waals surface area (Å²) < 4.78 is 20.6. The summed E-state index contributed by atoms with van der Waals surface area (Å²) in [5, 5.41) is 9.25. The lowest BCUT2D eigenvalue weighted by Gasteiger charge is -2.21. The van der Waals surface area contributed by atoms with E-state index in [1.165, 1.54) is 21.7 Å². The van der Waals surface area contributed by atoms with Crippen LogP contribution in [0.2, 0.25) is 0 Å². The van der Waals surface area contributed by atoms with Gasteiger partial charge in [-0.15, -0.1) is 0 Å². The molecule has 326 valence electrons. The van der Waals surface area contributed by atoms with Crippen molar-refractivity contribution in [2.24, 2.45) is 0 Å². The number of ether oxygens (including phenoxy) is 1. The quantitative estimate of drug-likeness (QED) is 0.173. The van der Waals surface area contributed by atoms with E-state index in [-0.39, 0.29) is 10.8 Å². The van der Waals surface area contributed by atoms with E-state index >= 15 is 0 Å². The molecule has 0 radical (unpaired) electrons. The zero-order chi connectivity index (χ0) is 46.5. The number of aromatic nitrogens is 4. The Kier molecular flexibility index (Phi) is 9.01. The summed E-state index contributed by atoms with van der Waals surface area (Å²) in [5.74, 6) is 3.05. The first kappa shape index (κ1) is 39.4. The lowest BCUT2D eigenvalue weighted by Crippen LogP contribution is -2.16. The maximum absolute atomic E-state index is 9.03. The molecular weight excluding hydrogens is 819 g/mol. The standard InChI is InChI=1S/C61H51N5O/c1-60(2,3)40-17-13-16-39(34-40)44-23-14-24-51-47-20-9-7-18-45(47)46-19-8-10-21-48(46)52-25-15-27-54-59(52)65(58(44)51)38-64(54)56-37-43(31-33-62-56)67-42-28-29-50-49-22-11-12-26-53(49)66(55(50)36-42)57-35-41(30-32-63-57)61(4,5)6/h7-37H,38H2,1-6H3/i13D. The van der Waals surface area contributed by atoms with Crippen molar-refractivity contribution in [2.45, 2.75) is 59.0 Å². The van der Waals surface area contributed by atoms with Gasteiger partial charge in [0.05, 0.1) is 29.1 Å². The molecule has 0 aliphatic carbocycles. The topological polar surface area (TPSA) is 48.1 Å². The molecule has 0 bridgehead atoms. The molecule has 67 heavy (non-hydrogen) atoms. The van der Waals surface area contributed by atoms with Crippen molar-refractivity contribution in [3.05, 3.63) is 199 Å². The highest BCUT2D eigenvalue weighted by atomic mass is 16.5. The van der Waals surface area contributed by atoms with Gasteiger partial charge in [0.25, 0.3) is 0 Å². The highest BCUT2D eigenvalue weighted by molar-refractivity contribution is 6.22. The fourth-order valence-electron chi connectivity index (χ4n) is 10.2. The van der Waals surface area contributed by atoms with Gasteiger partial charge in [0.2, 0.25) is 0 Å². The number of pyridine rings is 2. The Bertz CT molecular complexity index is 3920. The van der Waals surface area contributed by atoms with Gasteiger partial charge in [-0.3, -0.25) is 4.57 Å². The molecule has 0 saturated carbocycles. The summed E-state index contributed by atoms with van der Waals surface area (Å²) in [6.07, 6.45) is 3.76. The maximum atomic E-state index is 9.03. The monoisotopic (exact) mass is 870 g/mol. The Morgan fingerprint density at radius 3 is 1.79 bits per heavy atom. The number of nitrogens with zero attached hydrogens (tertiary/aromatic N) is 5. The average Bonchev–Trinajstić information content (AvgIpc) is 3.90. The zero-order valence-electron chi connectivity index (χ0n) is 39.7. The second kappa shape index (κ2) is 15.3. The average molecular weight is 871 g/mol. The molecule has 0 unspecified atom stereocenters. The highest BCUT2D eigenvalue weighted by Crippen LogP contribution is 2.45. The Morgan fingerprint density at radius 1 is 0.478 bits per heavy atom. The Labute approximate surface area is 392 Å². The van der Waals surface area contributed by atoms with Crippen molar-refractivity contribution in [1.29, 1.82) is 0 Å². The number of anilines is 2. The molecule has 4 aromatic heterocycles. The van der Waals surface area contributed by atoms with Crippen LogP contribution in [0, 0.1) is 0 Å². The summed E-state index contributed by atoms with van der Waals surface area (Å²) in [4.78, 5) is 12.3. The van der Waals surface area contributed by atoms with E-state index in [1.54, 1.807) is 0 Å². The minimum atomic E-state index is -0.136. The molecule has 0 N–H and O–H groups in total. The minimum Gasteiger partial charge on any atom is -0.457 e. The van der Waals surface area contributed by atoms with Gasteiger partial charge >= 0.3 is 0 Å². The van der Waals surface area contributed by atoms with Gasteiger partial charge in [0, 0.05) is 51.6 Å². The van der Waals surface area contributed by atoms with Crippen molar-refractivity contribution in [3.63, 3.8) is 0 Å². The van der Waals surface area contributed by atoms with E-state index in [9.17, 15) is 0 Å². The summed E-state index contributed by atoms with van der Waals surface area (Å²) in [7, 11) is 0. The van der Waals surface area contributed by atoms with Crippen LogP contribution >= 0.6 is 0 Å². The van der Waals surface area contributed by atoms with E-state index in [0.29, 0.717) is 18.5 Å². The Morgan fingerprint density at radius 2 is 1.06 bits per heavy atom. The number of hydrogen-bond donors (Lipinski definition) is 0. The molecule has 5 heterocycles. The fourth-order valence-corrected chi connectivity index (χ4v) is 10.2. The van der Waals surface area contributed by atoms with Crippen LogP contribution in [-0.4, -0.2) is 19.1 Å². The molecule has 0 spiro atoms. The molecule has 0 atom stereocenters. The number of fused-ring (bicyclic) bond motifs is 10. The van der Waals surface area contributed by atoms with Gasteiger partial charge in [-0.2, -0.15) is 0 Å². The van der Waals surface area contributed by atoms with Gasteiger partial charge in [0.15, 0.2) is 0 Å². The van der Waals surface area contributed by atoms with Crippen molar-refractivity contribution in [3.8, 4) is 28.4 Å². The minimum absolute atomic E-state index is 0.0281. The van der Waals surface area contributed by atoms with E-state index in [2.05, 4.69) is 207 Å². The third kappa shape index (κ3) is 6.77. The predicted octanol–water partition coefficient (Wildman–Crippen LogP) is 16.3. The molecule has 6 nitrogen and oxygen atoms in total. The smallest absolute Gasteiger partial charge is 0.138 e. The van der Waals surface area contributed by atoms with E-state index in [0.717, 1.165) is 88.8 Å². The third-order valence-corrected chi connectivity index (χ3v) is 13.6. The van der Waals surface area contributed by atoms with Crippen LogP contribution in [0.15, 0.2) is 188 Å². The Balaban J connectivity index is 1.05. The number of rotatable bonds is 5. The van der Waals surface area contributed by atoms with Gasteiger partial charge < -0.3 is 14.2 Å². The molecule has 0 amide bonds. The molecule has 0 fully saturated rings. The van der Waals surface area contributed by atoms with Crippen LogP contribution in [0.1, 0.15) is 54.0 Å². The molecular formula is C61H51N5O. The molecule has 11 aromatic rings. The molecule has 1 aliphatic heterocycles. The zero-order valence-corrected chi connectivity index (χ0v) is 38.7. The number of hydrogen-bond acceptors (Lipinski definition) is 4. The first-order chi connectivity index (χ1) is 32.9. The van der Waals surface area contributed by atoms with Crippen molar-refractivity contribution in [1.82, 2.24) is 19.1 Å². The van der Waals surface area contributed by atoms with Crippen LogP contribution in [0.4, 0.5) is 11.5 Å². The summed E-state index contributed by atoms with van der Waals surface area (Å²) in [6, 6.07) is 60.8. The van der Waals surface area contributed by atoms with E-state index in [1.807, 2.05) is 30.6 Å². The fraction of sp³-hybridized carbons (Fsp3) is 0.148. The van der Waals surface area contributed by atoms with Crippen molar-refractivity contribution >= 4 is 76.7 Å².